The average molecular weight is 401 g/mol. The molecule has 30 heavy (non-hydrogen) atoms. The van der Waals surface area contributed by atoms with E-state index in [2.05, 4.69) is 44.4 Å². The van der Waals surface area contributed by atoms with Crippen LogP contribution in [0.2, 0.25) is 0 Å². The lowest BCUT2D eigenvalue weighted by atomic mass is 9.98. The summed E-state index contributed by atoms with van der Waals surface area (Å²) in [5.41, 5.74) is 9.32. The topological polar surface area (TPSA) is 111 Å². The summed E-state index contributed by atoms with van der Waals surface area (Å²) in [4.78, 5) is 25.8. The van der Waals surface area contributed by atoms with Gasteiger partial charge in [-0.15, -0.1) is 5.10 Å². The lowest BCUT2D eigenvalue weighted by Gasteiger charge is -2.13. The first kappa shape index (κ1) is 19.5. The van der Waals surface area contributed by atoms with Gasteiger partial charge in [-0.05, 0) is 42.5 Å². The molecule has 8 heteroatoms. The third-order valence-electron chi connectivity index (χ3n) is 5.03. The van der Waals surface area contributed by atoms with Crippen molar-refractivity contribution in [1.82, 2.24) is 29.9 Å². The number of nitrogens with one attached hydrogen (secondary N) is 1. The molecule has 3 N–H and O–H groups in total. The minimum absolute atomic E-state index is 0.196. The summed E-state index contributed by atoms with van der Waals surface area (Å²) < 4.78 is 1.58. The van der Waals surface area contributed by atoms with Crippen molar-refractivity contribution in [3.63, 3.8) is 0 Å². The van der Waals surface area contributed by atoms with E-state index >= 15 is 0 Å². The number of nitrogens with two attached hydrogens (primary N) is 1. The van der Waals surface area contributed by atoms with Gasteiger partial charge in [-0.1, -0.05) is 37.3 Å². The van der Waals surface area contributed by atoms with Crippen molar-refractivity contribution >= 4 is 17.5 Å². The third kappa shape index (κ3) is 4.12. The Morgan fingerprint density at radius 2 is 2.00 bits per heavy atom. The van der Waals surface area contributed by atoms with Crippen molar-refractivity contribution in [3.8, 4) is 11.4 Å². The quantitative estimate of drug-likeness (QED) is 0.514. The number of hydrogen-bond acceptors (Lipinski definition) is 6. The Morgan fingerprint density at radius 1 is 1.20 bits per heavy atom. The van der Waals surface area contributed by atoms with Crippen LogP contribution < -0.4 is 11.1 Å². The van der Waals surface area contributed by atoms with Gasteiger partial charge >= 0.3 is 0 Å². The Labute approximate surface area is 174 Å². The molecule has 1 aromatic carbocycles. The zero-order valence-electron chi connectivity index (χ0n) is 16.9. The number of nitrogen functional groups attached to an aromatic ring is 1. The number of carbonyl (C=O) groups excluding carboxylic acids is 1. The second-order valence-corrected chi connectivity index (χ2v) is 7.27. The predicted octanol–water partition coefficient (Wildman–Crippen LogP) is 3.00. The zero-order chi connectivity index (χ0) is 21.1. The van der Waals surface area contributed by atoms with Gasteiger partial charge in [0.2, 0.25) is 5.95 Å². The van der Waals surface area contributed by atoms with E-state index < -0.39 is 0 Å². The molecule has 1 unspecified atom stereocenters. The van der Waals surface area contributed by atoms with Crippen LogP contribution in [0.1, 0.15) is 40.9 Å². The van der Waals surface area contributed by atoms with Crippen LogP contribution in [-0.2, 0) is 0 Å². The number of pyridine rings is 1. The normalized spacial score (nSPS) is 12.1. The summed E-state index contributed by atoms with van der Waals surface area (Å²) in [5.74, 6) is 0.800. The van der Waals surface area contributed by atoms with E-state index in [9.17, 15) is 4.79 Å². The zero-order valence-corrected chi connectivity index (χ0v) is 16.9. The van der Waals surface area contributed by atoms with E-state index in [1.165, 1.54) is 5.56 Å². The maximum atomic E-state index is 12.7. The van der Waals surface area contributed by atoms with E-state index in [-0.39, 0.29) is 11.9 Å². The number of fused-ring (bicyclic) bond motifs is 1. The van der Waals surface area contributed by atoms with Gasteiger partial charge in [0.1, 0.15) is 5.69 Å². The summed E-state index contributed by atoms with van der Waals surface area (Å²) in [7, 11) is 0. The second-order valence-electron chi connectivity index (χ2n) is 7.27. The molecule has 0 aliphatic heterocycles. The molecule has 4 aromatic rings. The number of carbonyl (C=O) groups is 1. The first-order valence-electron chi connectivity index (χ1n) is 9.80. The SMILES string of the molecule is Cc1cnc(-c2ccn3nc(N)nc3c2)nc1C(=O)NCCC(C)c1ccccc1. The van der Waals surface area contributed by atoms with Gasteiger partial charge in [-0.2, -0.15) is 4.98 Å². The Hall–Kier alpha value is -3.81. The molecule has 0 saturated carbocycles. The number of amides is 1. The molecule has 0 aliphatic carbocycles. The van der Waals surface area contributed by atoms with Crippen LogP contribution in [-0.4, -0.2) is 37.0 Å². The fourth-order valence-electron chi connectivity index (χ4n) is 3.28. The highest BCUT2D eigenvalue weighted by atomic mass is 16.1. The molecule has 0 spiro atoms. The smallest absolute Gasteiger partial charge is 0.270 e. The van der Waals surface area contributed by atoms with Crippen molar-refractivity contribution in [2.45, 2.75) is 26.2 Å². The van der Waals surface area contributed by atoms with Crippen LogP contribution in [0, 0.1) is 6.92 Å². The van der Waals surface area contributed by atoms with Crippen molar-refractivity contribution in [3.05, 3.63) is 71.7 Å². The second kappa shape index (κ2) is 8.28. The molecular weight excluding hydrogens is 378 g/mol. The van der Waals surface area contributed by atoms with Crippen molar-refractivity contribution in [2.24, 2.45) is 0 Å². The first-order chi connectivity index (χ1) is 14.5. The number of nitrogens with zero attached hydrogens (tertiary/aromatic N) is 5. The van der Waals surface area contributed by atoms with Gasteiger partial charge in [-0.25, -0.2) is 14.5 Å². The van der Waals surface area contributed by atoms with Crippen LogP contribution >= 0.6 is 0 Å². The maximum absolute atomic E-state index is 12.7. The fourth-order valence-corrected chi connectivity index (χ4v) is 3.28. The minimum Gasteiger partial charge on any atom is -0.366 e. The molecule has 0 aliphatic rings. The van der Waals surface area contributed by atoms with Crippen LogP contribution in [0.4, 0.5) is 5.95 Å². The largest absolute Gasteiger partial charge is 0.366 e. The predicted molar refractivity (Wildman–Crippen MR) is 115 cm³/mol. The van der Waals surface area contributed by atoms with E-state index in [0.717, 1.165) is 17.5 Å². The van der Waals surface area contributed by atoms with Gasteiger partial charge in [0, 0.05) is 24.5 Å². The number of aryl methyl sites for hydroxylation is 1. The van der Waals surface area contributed by atoms with E-state index in [0.29, 0.717) is 29.6 Å². The summed E-state index contributed by atoms with van der Waals surface area (Å²) in [6, 6.07) is 13.9. The molecule has 0 radical (unpaired) electrons. The van der Waals surface area contributed by atoms with Crippen LogP contribution in [0.15, 0.2) is 54.9 Å². The van der Waals surface area contributed by atoms with E-state index in [1.54, 1.807) is 23.0 Å². The molecule has 1 amide bonds. The van der Waals surface area contributed by atoms with Crippen molar-refractivity contribution < 1.29 is 4.79 Å². The van der Waals surface area contributed by atoms with Gasteiger partial charge in [0.25, 0.3) is 5.91 Å². The molecule has 3 heterocycles. The average Bonchev–Trinajstić information content (AvgIpc) is 3.13. The lowest BCUT2D eigenvalue weighted by molar-refractivity contribution is 0.0947. The molecule has 0 saturated heterocycles. The molecule has 0 fully saturated rings. The van der Waals surface area contributed by atoms with Gasteiger partial charge in [0.15, 0.2) is 11.5 Å². The van der Waals surface area contributed by atoms with E-state index in [1.807, 2.05) is 31.2 Å². The molecule has 152 valence electrons. The van der Waals surface area contributed by atoms with Gasteiger partial charge < -0.3 is 11.1 Å². The monoisotopic (exact) mass is 401 g/mol. The Kier molecular flexibility index (Phi) is 5.38. The first-order valence-corrected chi connectivity index (χ1v) is 9.80. The van der Waals surface area contributed by atoms with Crippen LogP contribution in [0.3, 0.4) is 0 Å². The Morgan fingerprint density at radius 3 is 2.80 bits per heavy atom. The minimum atomic E-state index is -0.204. The summed E-state index contributed by atoms with van der Waals surface area (Å²) in [5, 5.41) is 7.04. The lowest BCUT2D eigenvalue weighted by Crippen LogP contribution is -2.27. The summed E-state index contributed by atoms with van der Waals surface area (Å²) >= 11 is 0. The van der Waals surface area contributed by atoms with Crippen LogP contribution in [0.5, 0.6) is 0 Å². The molecule has 0 bridgehead atoms. The number of hydrogen-bond donors (Lipinski definition) is 2. The number of benzene rings is 1. The molecular formula is C22H23N7O. The summed E-state index contributed by atoms with van der Waals surface area (Å²) in [6.45, 7) is 4.55. The highest BCUT2D eigenvalue weighted by Gasteiger charge is 2.15. The summed E-state index contributed by atoms with van der Waals surface area (Å²) in [6.07, 6.45) is 4.24. The fraction of sp³-hybridized carbons (Fsp3) is 0.227. The highest BCUT2D eigenvalue weighted by molar-refractivity contribution is 5.94. The molecule has 1 atom stereocenters. The van der Waals surface area contributed by atoms with Crippen molar-refractivity contribution in [2.75, 3.05) is 12.3 Å². The Balaban J connectivity index is 1.47. The number of rotatable bonds is 6. The number of aromatic nitrogens is 5. The van der Waals surface area contributed by atoms with Gasteiger partial charge in [-0.3, -0.25) is 4.79 Å². The van der Waals surface area contributed by atoms with Crippen molar-refractivity contribution in [1.29, 1.82) is 0 Å². The third-order valence-corrected chi connectivity index (χ3v) is 5.03. The maximum Gasteiger partial charge on any atom is 0.270 e. The van der Waals surface area contributed by atoms with Crippen LogP contribution in [0.25, 0.3) is 17.0 Å². The molecule has 4 rings (SSSR count). The Bertz CT molecular complexity index is 1190. The standard InChI is InChI=1S/C22H23N7O/c1-14(16-6-4-3-5-7-16)8-10-24-21(30)19-15(2)13-25-20(27-19)17-9-11-29-18(12-17)26-22(23)28-29/h3-7,9,11-14H,8,10H2,1-2H3,(H2,23,28)(H,24,30). The number of anilines is 1. The van der Waals surface area contributed by atoms with E-state index in [4.69, 9.17) is 5.73 Å². The highest BCUT2D eigenvalue weighted by Crippen LogP contribution is 2.19. The molecule has 3 aromatic heterocycles. The molecule has 8 nitrogen and oxygen atoms in total. The van der Waals surface area contributed by atoms with Gasteiger partial charge in [0.05, 0.1) is 0 Å².